The number of likely N-dealkylation sites (N-methyl/N-ethyl adjacent to an activating group) is 1. The zero-order valence-electron chi connectivity index (χ0n) is 6.39. The van der Waals surface area contributed by atoms with Crippen LogP contribution in [0.15, 0.2) is 0 Å². The van der Waals surface area contributed by atoms with E-state index < -0.39 is 0 Å². The molecule has 1 rings (SSSR count). The van der Waals surface area contributed by atoms with Crippen molar-refractivity contribution >= 4 is 11.8 Å². The second-order valence-corrected chi connectivity index (χ2v) is 3.57. The summed E-state index contributed by atoms with van der Waals surface area (Å²) in [5.74, 6) is 0. The lowest BCUT2D eigenvalue weighted by atomic mass is 9.91. The average molecular weight is 163 g/mol. The fourth-order valence-corrected chi connectivity index (χ4v) is 1.82. The van der Waals surface area contributed by atoms with Gasteiger partial charge in [-0.05, 0) is 24.6 Å². The molecule has 1 aliphatic carbocycles. The van der Waals surface area contributed by atoms with Gasteiger partial charge in [-0.2, -0.15) is 0 Å². The molecule has 0 amide bonds. The minimum Gasteiger partial charge on any atom is -0.326 e. The van der Waals surface area contributed by atoms with E-state index in [2.05, 4.69) is 0 Å². The third-order valence-corrected chi connectivity index (χ3v) is 2.49. The van der Waals surface area contributed by atoms with Crippen molar-refractivity contribution in [3.05, 3.63) is 0 Å². The van der Waals surface area contributed by atoms with Crippen LogP contribution in [0.25, 0.3) is 0 Å². The van der Waals surface area contributed by atoms with Gasteiger partial charge in [-0.1, -0.05) is 12.8 Å². The highest BCUT2D eigenvalue weighted by Crippen LogP contribution is 2.21. The van der Waals surface area contributed by atoms with Crippen molar-refractivity contribution in [3.8, 4) is 0 Å². The summed E-state index contributed by atoms with van der Waals surface area (Å²) in [5, 5.41) is 0. The highest BCUT2D eigenvalue weighted by atomic mass is 35.5. The first-order valence-corrected chi connectivity index (χ1v) is 4.20. The normalized spacial score (nSPS) is 34.8. The predicted octanol–water partition coefficient (Wildman–Crippen LogP) is 1.34. The van der Waals surface area contributed by atoms with Crippen LogP contribution < -0.4 is 5.73 Å². The van der Waals surface area contributed by atoms with Gasteiger partial charge in [0, 0.05) is 19.1 Å². The Hall–Kier alpha value is 0.210. The van der Waals surface area contributed by atoms with E-state index in [1.807, 2.05) is 7.05 Å². The van der Waals surface area contributed by atoms with Crippen molar-refractivity contribution in [2.45, 2.75) is 37.8 Å². The van der Waals surface area contributed by atoms with Crippen LogP contribution in [0.5, 0.6) is 0 Å². The van der Waals surface area contributed by atoms with E-state index in [9.17, 15) is 0 Å². The van der Waals surface area contributed by atoms with Crippen molar-refractivity contribution in [3.63, 3.8) is 0 Å². The zero-order valence-corrected chi connectivity index (χ0v) is 7.14. The fraction of sp³-hybridized carbons (Fsp3) is 1.00. The van der Waals surface area contributed by atoms with Gasteiger partial charge < -0.3 is 5.73 Å². The molecule has 0 aromatic rings. The smallest absolute Gasteiger partial charge is 0.0399 e. The van der Waals surface area contributed by atoms with E-state index >= 15 is 0 Å². The maximum atomic E-state index is 5.85. The molecule has 2 unspecified atom stereocenters. The number of rotatable bonds is 1. The standard InChI is InChI=1S/C7H15ClN2/c1-10(8)7-5-3-2-4-6(7)9/h6-7H,2-5,9H2,1H3. The Kier molecular flexibility index (Phi) is 2.96. The molecule has 0 heterocycles. The maximum absolute atomic E-state index is 5.85. The lowest BCUT2D eigenvalue weighted by Gasteiger charge is -2.31. The summed E-state index contributed by atoms with van der Waals surface area (Å²) < 4.78 is 1.73. The lowest BCUT2D eigenvalue weighted by molar-refractivity contribution is 0.260. The van der Waals surface area contributed by atoms with Crippen molar-refractivity contribution in [1.29, 1.82) is 0 Å². The van der Waals surface area contributed by atoms with Gasteiger partial charge in [-0.25, -0.2) is 4.42 Å². The number of nitrogens with zero attached hydrogens (tertiary/aromatic N) is 1. The molecule has 0 aliphatic heterocycles. The SMILES string of the molecule is CN(Cl)C1CCCCC1N. The van der Waals surface area contributed by atoms with Crippen molar-refractivity contribution in [2.75, 3.05) is 7.05 Å². The fourth-order valence-electron chi connectivity index (χ4n) is 1.58. The maximum Gasteiger partial charge on any atom is 0.0399 e. The van der Waals surface area contributed by atoms with E-state index in [1.54, 1.807) is 4.42 Å². The molecule has 2 atom stereocenters. The van der Waals surface area contributed by atoms with Crippen LogP contribution >= 0.6 is 11.8 Å². The number of nitrogens with two attached hydrogens (primary N) is 1. The van der Waals surface area contributed by atoms with Gasteiger partial charge in [0.1, 0.15) is 0 Å². The second-order valence-electron chi connectivity index (χ2n) is 3.04. The monoisotopic (exact) mass is 162 g/mol. The van der Waals surface area contributed by atoms with Crippen LogP contribution in [-0.4, -0.2) is 23.6 Å². The molecule has 60 valence electrons. The van der Waals surface area contributed by atoms with E-state index in [1.165, 1.54) is 12.8 Å². The molecule has 0 radical (unpaired) electrons. The van der Waals surface area contributed by atoms with Crippen molar-refractivity contribution in [2.24, 2.45) is 5.73 Å². The Bertz CT molecular complexity index is 106. The van der Waals surface area contributed by atoms with Gasteiger partial charge in [0.15, 0.2) is 0 Å². The number of hydrogen-bond donors (Lipinski definition) is 1. The van der Waals surface area contributed by atoms with Crippen LogP contribution in [0, 0.1) is 0 Å². The molecule has 10 heavy (non-hydrogen) atoms. The highest BCUT2D eigenvalue weighted by Gasteiger charge is 2.23. The van der Waals surface area contributed by atoms with Crippen LogP contribution in [0.1, 0.15) is 25.7 Å². The van der Waals surface area contributed by atoms with Crippen molar-refractivity contribution in [1.82, 2.24) is 4.42 Å². The third-order valence-electron chi connectivity index (χ3n) is 2.24. The Labute approximate surface area is 67.4 Å². The van der Waals surface area contributed by atoms with Crippen LogP contribution in [0.4, 0.5) is 0 Å². The molecule has 0 saturated heterocycles. The molecule has 0 spiro atoms. The van der Waals surface area contributed by atoms with Gasteiger partial charge in [0.2, 0.25) is 0 Å². The predicted molar refractivity (Wildman–Crippen MR) is 43.8 cm³/mol. The van der Waals surface area contributed by atoms with Crippen LogP contribution in [0.2, 0.25) is 0 Å². The lowest BCUT2D eigenvalue weighted by Crippen LogP contribution is -2.44. The Morgan fingerprint density at radius 3 is 2.40 bits per heavy atom. The molecule has 1 fully saturated rings. The highest BCUT2D eigenvalue weighted by molar-refractivity contribution is 6.13. The van der Waals surface area contributed by atoms with Gasteiger partial charge in [0.25, 0.3) is 0 Å². The van der Waals surface area contributed by atoms with E-state index in [0.29, 0.717) is 6.04 Å². The molecular formula is C7H15ClN2. The van der Waals surface area contributed by atoms with Gasteiger partial charge in [-0.3, -0.25) is 0 Å². The number of hydrogen-bond acceptors (Lipinski definition) is 2. The zero-order chi connectivity index (χ0) is 7.56. The molecule has 0 aromatic carbocycles. The van der Waals surface area contributed by atoms with E-state index in [0.717, 1.165) is 12.8 Å². The van der Waals surface area contributed by atoms with Crippen LogP contribution in [0.3, 0.4) is 0 Å². The van der Waals surface area contributed by atoms with E-state index in [-0.39, 0.29) is 6.04 Å². The summed E-state index contributed by atoms with van der Waals surface area (Å²) in [6.45, 7) is 0. The largest absolute Gasteiger partial charge is 0.326 e. The molecule has 1 aliphatic rings. The first-order valence-electron chi connectivity index (χ1n) is 3.86. The Balaban J connectivity index is 2.40. The minimum absolute atomic E-state index is 0.288. The first kappa shape index (κ1) is 8.31. The van der Waals surface area contributed by atoms with Crippen molar-refractivity contribution < 1.29 is 0 Å². The summed E-state index contributed by atoms with van der Waals surface area (Å²) in [7, 11) is 1.89. The Morgan fingerprint density at radius 1 is 1.40 bits per heavy atom. The molecule has 0 bridgehead atoms. The molecule has 2 nitrogen and oxygen atoms in total. The first-order chi connectivity index (χ1) is 4.72. The summed E-state index contributed by atoms with van der Waals surface area (Å²) in [4.78, 5) is 0. The van der Waals surface area contributed by atoms with Crippen LogP contribution in [-0.2, 0) is 0 Å². The summed E-state index contributed by atoms with van der Waals surface area (Å²) >= 11 is 5.80. The van der Waals surface area contributed by atoms with Gasteiger partial charge in [-0.15, -0.1) is 0 Å². The molecule has 2 N–H and O–H groups in total. The summed E-state index contributed by atoms with van der Waals surface area (Å²) in [5.41, 5.74) is 5.85. The van der Waals surface area contributed by atoms with Gasteiger partial charge in [0.05, 0.1) is 0 Å². The molecular weight excluding hydrogens is 148 g/mol. The second kappa shape index (κ2) is 3.56. The number of halogens is 1. The topological polar surface area (TPSA) is 29.3 Å². The molecule has 0 aromatic heterocycles. The summed E-state index contributed by atoms with van der Waals surface area (Å²) in [6.07, 6.45) is 4.82. The Morgan fingerprint density at radius 2 is 2.00 bits per heavy atom. The quantitative estimate of drug-likeness (QED) is 0.590. The molecule has 3 heteroatoms. The molecule has 1 saturated carbocycles. The third kappa shape index (κ3) is 1.84. The summed E-state index contributed by atoms with van der Waals surface area (Å²) in [6, 6.07) is 0.687. The van der Waals surface area contributed by atoms with Gasteiger partial charge >= 0.3 is 0 Å². The average Bonchev–Trinajstić information content (AvgIpc) is 1.88. The minimum atomic E-state index is 0.288. The van der Waals surface area contributed by atoms with E-state index in [4.69, 9.17) is 17.5 Å².